The van der Waals surface area contributed by atoms with Crippen molar-refractivity contribution in [3.05, 3.63) is 95.6 Å². The molecule has 3 rings (SSSR count). The molecule has 0 aliphatic rings. The summed E-state index contributed by atoms with van der Waals surface area (Å²) in [5.74, 6) is -0.690. The van der Waals surface area contributed by atoms with Crippen LogP contribution in [0.5, 0.6) is 0 Å². The van der Waals surface area contributed by atoms with E-state index >= 15 is 0 Å². The summed E-state index contributed by atoms with van der Waals surface area (Å²) < 4.78 is 0. The first-order chi connectivity index (χ1) is 12.7. The summed E-state index contributed by atoms with van der Waals surface area (Å²) >= 11 is 0. The van der Waals surface area contributed by atoms with Gasteiger partial charge in [-0.3, -0.25) is 9.59 Å². The minimum Gasteiger partial charge on any atom is -0.322 e. The monoisotopic (exact) mass is 341 g/mol. The average Bonchev–Trinajstić information content (AvgIpc) is 2.69. The number of nitrogens with zero attached hydrogens (tertiary/aromatic N) is 1. The first kappa shape index (κ1) is 16.9. The van der Waals surface area contributed by atoms with E-state index in [0.29, 0.717) is 28.1 Å². The molecule has 0 heterocycles. The standard InChI is InChI=1S/C21H15N3O2/c22-14-17-7-4-5-12-19(17)24-21(26)16-9-6-8-15(13-16)20(25)23-18-10-2-1-3-11-18/h1-13H,(H,23,25)(H,24,26). The number of nitriles is 1. The van der Waals surface area contributed by atoms with Gasteiger partial charge in [-0.15, -0.1) is 0 Å². The van der Waals surface area contributed by atoms with Gasteiger partial charge in [0, 0.05) is 16.8 Å². The normalized spacial score (nSPS) is 9.81. The minimum absolute atomic E-state index is 0.303. The number of para-hydroxylation sites is 2. The van der Waals surface area contributed by atoms with Crippen LogP contribution in [0.4, 0.5) is 11.4 Å². The molecule has 2 amide bonds. The molecular weight excluding hydrogens is 326 g/mol. The summed E-state index contributed by atoms with van der Waals surface area (Å²) in [4.78, 5) is 24.8. The Hall–Kier alpha value is -3.91. The predicted octanol–water partition coefficient (Wildman–Crippen LogP) is 4.06. The Morgan fingerprint density at radius 3 is 2.04 bits per heavy atom. The Balaban J connectivity index is 1.77. The van der Waals surface area contributed by atoms with Crippen molar-refractivity contribution in [3.8, 4) is 6.07 Å². The highest BCUT2D eigenvalue weighted by atomic mass is 16.2. The van der Waals surface area contributed by atoms with Gasteiger partial charge in [-0.1, -0.05) is 36.4 Å². The molecule has 0 aliphatic heterocycles. The van der Waals surface area contributed by atoms with Crippen molar-refractivity contribution < 1.29 is 9.59 Å². The van der Waals surface area contributed by atoms with Crippen molar-refractivity contribution in [2.45, 2.75) is 0 Å². The summed E-state index contributed by atoms with van der Waals surface area (Å²) in [6.45, 7) is 0. The number of nitrogens with one attached hydrogen (secondary N) is 2. The Labute approximate surface area is 150 Å². The molecular formula is C21H15N3O2. The lowest BCUT2D eigenvalue weighted by atomic mass is 10.1. The first-order valence-corrected chi connectivity index (χ1v) is 7.94. The highest BCUT2D eigenvalue weighted by Crippen LogP contribution is 2.16. The highest BCUT2D eigenvalue weighted by molar-refractivity contribution is 6.09. The van der Waals surface area contributed by atoms with Crippen molar-refractivity contribution in [1.29, 1.82) is 5.26 Å². The smallest absolute Gasteiger partial charge is 0.255 e. The van der Waals surface area contributed by atoms with Crippen molar-refractivity contribution in [3.63, 3.8) is 0 Å². The lowest BCUT2D eigenvalue weighted by Crippen LogP contribution is -2.16. The second-order valence-corrected chi connectivity index (χ2v) is 5.51. The summed E-state index contributed by atoms with van der Waals surface area (Å²) in [7, 11) is 0. The van der Waals surface area contributed by atoms with Crippen LogP contribution in [-0.2, 0) is 0 Å². The fourth-order valence-corrected chi connectivity index (χ4v) is 2.41. The number of carbonyl (C=O) groups is 2. The van der Waals surface area contributed by atoms with E-state index in [9.17, 15) is 9.59 Å². The number of anilines is 2. The third-order valence-electron chi connectivity index (χ3n) is 3.71. The number of hydrogen-bond donors (Lipinski definition) is 2. The van der Waals surface area contributed by atoms with Crippen LogP contribution in [0.25, 0.3) is 0 Å². The number of amides is 2. The molecule has 26 heavy (non-hydrogen) atoms. The molecule has 0 saturated heterocycles. The largest absolute Gasteiger partial charge is 0.322 e. The number of rotatable bonds is 4. The second kappa shape index (κ2) is 7.77. The maximum atomic E-state index is 12.5. The number of hydrogen-bond acceptors (Lipinski definition) is 3. The van der Waals surface area contributed by atoms with Crippen LogP contribution in [-0.4, -0.2) is 11.8 Å². The molecule has 3 aromatic rings. The fourth-order valence-electron chi connectivity index (χ4n) is 2.41. The lowest BCUT2D eigenvalue weighted by Gasteiger charge is -2.09. The zero-order chi connectivity index (χ0) is 18.4. The fraction of sp³-hybridized carbons (Fsp3) is 0. The topological polar surface area (TPSA) is 82.0 Å². The first-order valence-electron chi connectivity index (χ1n) is 7.94. The lowest BCUT2D eigenvalue weighted by molar-refractivity contribution is 0.102. The van der Waals surface area contributed by atoms with Crippen molar-refractivity contribution in [1.82, 2.24) is 0 Å². The summed E-state index contributed by atoms with van der Waals surface area (Å²) in [6.07, 6.45) is 0. The van der Waals surface area contributed by atoms with Crippen LogP contribution in [0.2, 0.25) is 0 Å². The van der Waals surface area contributed by atoms with E-state index in [2.05, 4.69) is 10.6 Å². The second-order valence-electron chi connectivity index (χ2n) is 5.51. The molecule has 0 bridgehead atoms. The molecule has 126 valence electrons. The third kappa shape index (κ3) is 3.94. The summed E-state index contributed by atoms with van der Waals surface area (Å²) in [6, 6.07) is 24.3. The Bertz CT molecular complexity index is 991. The van der Waals surface area contributed by atoms with Gasteiger partial charge < -0.3 is 10.6 Å². The van der Waals surface area contributed by atoms with E-state index in [0.717, 1.165) is 0 Å². The Kier molecular flexibility index (Phi) is 5.06. The molecule has 2 N–H and O–H groups in total. The van der Waals surface area contributed by atoms with Gasteiger partial charge >= 0.3 is 0 Å². The third-order valence-corrected chi connectivity index (χ3v) is 3.71. The summed E-state index contributed by atoms with van der Waals surface area (Å²) in [5, 5.41) is 14.6. The molecule has 0 unspecified atom stereocenters. The van der Waals surface area contributed by atoms with Gasteiger partial charge in [0.15, 0.2) is 0 Å². The van der Waals surface area contributed by atoms with E-state index in [1.54, 1.807) is 54.6 Å². The van der Waals surface area contributed by atoms with E-state index in [-0.39, 0.29) is 11.8 Å². The van der Waals surface area contributed by atoms with Crippen LogP contribution >= 0.6 is 0 Å². The molecule has 0 atom stereocenters. The van der Waals surface area contributed by atoms with Crippen LogP contribution in [0, 0.1) is 11.3 Å². The molecule has 0 spiro atoms. The molecule has 3 aromatic carbocycles. The molecule has 0 aliphatic carbocycles. The van der Waals surface area contributed by atoms with Gasteiger partial charge in [0.1, 0.15) is 6.07 Å². The van der Waals surface area contributed by atoms with Crippen LogP contribution in [0.1, 0.15) is 26.3 Å². The number of carbonyl (C=O) groups excluding carboxylic acids is 2. The van der Waals surface area contributed by atoms with Gasteiger partial charge in [0.25, 0.3) is 11.8 Å². The SMILES string of the molecule is N#Cc1ccccc1NC(=O)c1cccc(C(=O)Nc2ccccc2)c1. The van der Waals surface area contributed by atoms with Gasteiger partial charge in [-0.2, -0.15) is 5.26 Å². The maximum absolute atomic E-state index is 12.5. The Morgan fingerprint density at radius 2 is 1.35 bits per heavy atom. The van der Waals surface area contributed by atoms with Crippen molar-refractivity contribution in [2.24, 2.45) is 0 Å². The van der Waals surface area contributed by atoms with E-state index in [4.69, 9.17) is 5.26 Å². The van der Waals surface area contributed by atoms with Gasteiger partial charge in [0.2, 0.25) is 0 Å². The molecule has 0 radical (unpaired) electrons. The molecule has 5 nitrogen and oxygen atoms in total. The predicted molar refractivity (Wildman–Crippen MR) is 99.9 cm³/mol. The maximum Gasteiger partial charge on any atom is 0.255 e. The average molecular weight is 341 g/mol. The van der Waals surface area contributed by atoms with Gasteiger partial charge in [0.05, 0.1) is 11.3 Å². The van der Waals surface area contributed by atoms with E-state index < -0.39 is 0 Å². The van der Waals surface area contributed by atoms with Gasteiger partial charge in [-0.05, 0) is 42.5 Å². The van der Waals surface area contributed by atoms with Gasteiger partial charge in [-0.25, -0.2) is 0 Å². The minimum atomic E-state index is -0.387. The van der Waals surface area contributed by atoms with Crippen molar-refractivity contribution in [2.75, 3.05) is 10.6 Å². The van der Waals surface area contributed by atoms with E-state index in [1.807, 2.05) is 24.3 Å². The zero-order valence-corrected chi connectivity index (χ0v) is 13.8. The van der Waals surface area contributed by atoms with E-state index in [1.165, 1.54) is 6.07 Å². The molecule has 0 fully saturated rings. The van der Waals surface area contributed by atoms with Crippen molar-refractivity contribution >= 4 is 23.2 Å². The highest BCUT2D eigenvalue weighted by Gasteiger charge is 2.12. The Morgan fingerprint density at radius 1 is 0.731 bits per heavy atom. The quantitative estimate of drug-likeness (QED) is 0.750. The number of benzene rings is 3. The molecule has 0 aromatic heterocycles. The summed E-state index contributed by atoms with van der Waals surface area (Å²) in [5.41, 5.74) is 2.18. The van der Waals surface area contributed by atoms with Crippen LogP contribution in [0.15, 0.2) is 78.9 Å². The zero-order valence-electron chi connectivity index (χ0n) is 13.8. The van der Waals surface area contributed by atoms with Crippen LogP contribution < -0.4 is 10.6 Å². The van der Waals surface area contributed by atoms with Crippen LogP contribution in [0.3, 0.4) is 0 Å². The molecule has 0 saturated carbocycles. The molecule has 5 heteroatoms.